The van der Waals surface area contributed by atoms with Crippen LogP contribution in [0.1, 0.15) is 25.3 Å². The van der Waals surface area contributed by atoms with Crippen LogP contribution in [0.3, 0.4) is 0 Å². The van der Waals surface area contributed by atoms with E-state index in [4.69, 9.17) is 21.1 Å². The average molecular weight is 312 g/mol. The number of ether oxygens (including phenoxy) is 2. The van der Waals surface area contributed by atoms with E-state index in [1.54, 1.807) is 6.92 Å². The molecule has 0 bridgehead atoms. The van der Waals surface area contributed by atoms with Gasteiger partial charge in [-0.05, 0) is 31.7 Å². The van der Waals surface area contributed by atoms with Gasteiger partial charge in [-0.2, -0.15) is 0 Å². The number of piperidine rings is 1. The lowest BCUT2D eigenvalue weighted by molar-refractivity contribution is -0.0631. The third-order valence-corrected chi connectivity index (χ3v) is 4.11. The zero-order valence-electron chi connectivity index (χ0n) is 12.6. The molecule has 1 fully saturated rings. The summed E-state index contributed by atoms with van der Waals surface area (Å²) in [7, 11) is 2.08. The van der Waals surface area contributed by atoms with Crippen molar-refractivity contribution in [3.8, 4) is 0 Å². The number of carbonyl (C=O) groups excluding carboxylic acids is 1. The maximum absolute atomic E-state index is 11.8. The summed E-state index contributed by atoms with van der Waals surface area (Å²) in [5, 5.41) is 0.701. The molecule has 5 heteroatoms. The number of rotatable bonds is 4. The van der Waals surface area contributed by atoms with Gasteiger partial charge < -0.3 is 14.4 Å². The summed E-state index contributed by atoms with van der Waals surface area (Å²) < 4.78 is 10.6. The summed E-state index contributed by atoms with van der Waals surface area (Å²) >= 11 is 6.05. The fourth-order valence-corrected chi connectivity index (χ4v) is 2.90. The van der Waals surface area contributed by atoms with Gasteiger partial charge in [0.2, 0.25) is 0 Å². The molecule has 0 N–H and O–H groups in total. The van der Waals surface area contributed by atoms with Crippen molar-refractivity contribution >= 4 is 17.8 Å². The Kier molecular flexibility index (Phi) is 5.48. The van der Waals surface area contributed by atoms with Crippen LogP contribution in [0.15, 0.2) is 24.3 Å². The first-order chi connectivity index (χ1) is 10.0. The molecule has 0 aromatic heterocycles. The fourth-order valence-electron chi connectivity index (χ4n) is 2.68. The first kappa shape index (κ1) is 16.1. The predicted molar refractivity (Wildman–Crippen MR) is 82.7 cm³/mol. The number of benzene rings is 1. The second-order valence-corrected chi connectivity index (χ2v) is 6.01. The van der Waals surface area contributed by atoms with Crippen molar-refractivity contribution in [2.75, 3.05) is 26.7 Å². The molecule has 1 aliphatic rings. The van der Waals surface area contributed by atoms with Crippen molar-refractivity contribution in [2.24, 2.45) is 0 Å². The van der Waals surface area contributed by atoms with E-state index in [0.29, 0.717) is 18.1 Å². The van der Waals surface area contributed by atoms with Crippen LogP contribution in [0, 0.1) is 0 Å². The number of hydrogen-bond acceptors (Lipinski definition) is 4. The smallest absolute Gasteiger partial charge is 0.435 e. The molecule has 1 heterocycles. The minimum atomic E-state index is -0.580. The van der Waals surface area contributed by atoms with E-state index in [1.165, 1.54) is 0 Å². The van der Waals surface area contributed by atoms with Gasteiger partial charge in [-0.3, -0.25) is 0 Å². The number of nitrogens with zero attached hydrogens (tertiary/aromatic N) is 1. The van der Waals surface area contributed by atoms with Crippen LogP contribution in [-0.4, -0.2) is 43.4 Å². The Morgan fingerprint density at radius 1 is 1.38 bits per heavy atom. The van der Waals surface area contributed by atoms with Gasteiger partial charge in [0.25, 0.3) is 0 Å². The van der Waals surface area contributed by atoms with Gasteiger partial charge in [0.15, 0.2) is 0 Å². The standard InChI is InChI=1S/C16H22ClNO3/c1-3-20-15(19)21-16(7-9-18(2)10-8-16)12-13-5-4-6-14(17)11-13/h4-6,11H,3,7-10,12H2,1-2H3. The number of hydrogen-bond donors (Lipinski definition) is 0. The molecule has 2 rings (SSSR count). The quantitative estimate of drug-likeness (QED) is 0.798. The summed E-state index contributed by atoms with van der Waals surface area (Å²) in [4.78, 5) is 14.0. The summed E-state index contributed by atoms with van der Waals surface area (Å²) in [6.45, 7) is 3.91. The van der Waals surface area contributed by atoms with Crippen molar-refractivity contribution < 1.29 is 14.3 Å². The molecule has 4 nitrogen and oxygen atoms in total. The first-order valence-electron chi connectivity index (χ1n) is 7.32. The zero-order chi connectivity index (χ0) is 15.3. The van der Waals surface area contributed by atoms with Crippen LogP contribution in [-0.2, 0) is 15.9 Å². The van der Waals surface area contributed by atoms with Crippen molar-refractivity contribution in [1.82, 2.24) is 4.90 Å². The van der Waals surface area contributed by atoms with Crippen LogP contribution < -0.4 is 0 Å². The van der Waals surface area contributed by atoms with Crippen molar-refractivity contribution in [3.63, 3.8) is 0 Å². The molecule has 1 saturated heterocycles. The van der Waals surface area contributed by atoms with E-state index in [2.05, 4.69) is 11.9 Å². The summed E-state index contributed by atoms with van der Waals surface area (Å²) in [5.41, 5.74) is 0.583. The van der Waals surface area contributed by atoms with E-state index >= 15 is 0 Å². The molecule has 0 atom stereocenters. The predicted octanol–water partition coefficient (Wildman–Crippen LogP) is 3.52. The third-order valence-electron chi connectivity index (χ3n) is 3.88. The third kappa shape index (κ3) is 4.61. The molecule has 0 unspecified atom stereocenters. The lowest BCUT2D eigenvalue weighted by atomic mass is 9.85. The molecule has 0 saturated carbocycles. The molecular weight excluding hydrogens is 290 g/mol. The topological polar surface area (TPSA) is 38.8 Å². The minimum absolute atomic E-state index is 0.325. The largest absolute Gasteiger partial charge is 0.508 e. The van der Waals surface area contributed by atoms with Gasteiger partial charge in [-0.25, -0.2) is 4.79 Å². The van der Waals surface area contributed by atoms with Crippen molar-refractivity contribution in [1.29, 1.82) is 0 Å². The molecule has 0 amide bonds. The highest BCUT2D eigenvalue weighted by atomic mass is 35.5. The Morgan fingerprint density at radius 3 is 2.71 bits per heavy atom. The van der Waals surface area contributed by atoms with Crippen LogP contribution in [0.25, 0.3) is 0 Å². The highest BCUT2D eigenvalue weighted by Gasteiger charge is 2.38. The van der Waals surface area contributed by atoms with Gasteiger partial charge in [0.1, 0.15) is 5.60 Å². The minimum Gasteiger partial charge on any atom is -0.435 e. The van der Waals surface area contributed by atoms with Gasteiger partial charge >= 0.3 is 6.16 Å². The average Bonchev–Trinajstić information content (AvgIpc) is 2.42. The van der Waals surface area contributed by atoms with Crippen LogP contribution in [0.2, 0.25) is 5.02 Å². The Bertz CT molecular complexity index is 484. The number of halogens is 1. The molecule has 0 radical (unpaired) electrons. The van der Waals surface area contributed by atoms with Gasteiger partial charge in [0, 0.05) is 37.4 Å². The molecular formula is C16H22ClNO3. The molecule has 1 aliphatic heterocycles. The Morgan fingerprint density at radius 2 is 2.10 bits per heavy atom. The lowest BCUT2D eigenvalue weighted by Crippen LogP contribution is -2.47. The molecule has 116 valence electrons. The zero-order valence-corrected chi connectivity index (χ0v) is 13.4. The SMILES string of the molecule is CCOC(=O)OC1(Cc2cccc(Cl)c2)CCN(C)CC1. The van der Waals surface area contributed by atoms with E-state index in [-0.39, 0.29) is 0 Å². The fraction of sp³-hybridized carbons (Fsp3) is 0.562. The summed E-state index contributed by atoms with van der Waals surface area (Å²) in [6.07, 6.45) is 1.69. The number of likely N-dealkylation sites (tertiary alicyclic amines) is 1. The van der Waals surface area contributed by atoms with E-state index in [0.717, 1.165) is 31.5 Å². The van der Waals surface area contributed by atoms with E-state index in [9.17, 15) is 4.79 Å². The maximum atomic E-state index is 11.8. The van der Waals surface area contributed by atoms with Crippen molar-refractivity contribution in [2.45, 2.75) is 31.8 Å². The summed E-state index contributed by atoms with van der Waals surface area (Å²) in [6, 6.07) is 7.71. The van der Waals surface area contributed by atoms with Crippen LogP contribution >= 0.6 is 11.6 Å². The van der Waals surface area contributed by atoms with Gasteiger partial charge in [-0.1, -0.05) is 23.7 Å². The second kappa shape index (κ2) is 7.14. The van der Waals surface area contributed by atoms with Gasteiger partial charge in [-0.15, -0.1) is 0 Å². The molecule has 0 spiro atoms. The molecule has 21 heavy (non-hydrogen) atoms. The van der Waals surface area contributed by atoms with E-state index in [1.807, 2.05) is 24.3 Å². The molecule has 0 aliphatic carbocycles. The van der Waals surface area contributed by atoms with E-state index < -0.39 is 11.8 Å². The second-order valence-electron chi connectivity index (χ2n) is 5.58. The lowest BCUT2D eigenvalue weighted by Gasteiger charge is -2.39. The van der Waals surface area contributed by atoms with Gasteiger partial charge in [0.05, 0.1) is 6.61 Å². The normalized spacial score (nSPS) is 18.2. The number of carbonyl (C=O) groups is 1. The first-order valence-corrected chi connectivity index (χ1v) is 7.69. The highest BCUT2D eigenvalue weighted by Crippen LogP contribution is 2.31. The van der Waals surface area contributed by atoms with Crippen LogP contribution in [0.4, 0.5) is 4.79 Å². The summed E-state index contributed by atoms with van der Waals surface area (Å²) in [5.74, 6) is 0. The monoisotopic (exact) mass is 311 g/mol. The maximum Gasteiger partial charge on any atom is 0.508 e. The highest BCUT2D eigenvalue weighted by molar-refractivity contribution is 6.30. The Balaban J connectivity index is 2.13. The Labute approximate surface area is 131 Å². The Hall–Kier alpha value is -1.26. The van der Waals surface area contributed by atoms with Crippen LogP contribution in [0.5, 0.6) is 0 Å². The molecule has 1 aromatic carbocycles. The molecule has 1 aromatic rings. The van der Waals surface area contributed by atoms with Crippen molar-refractivity contribution in [3.05, 3.63) is 34.9 Å².